The zero-order valence-electron chi connectivity index (χ0n) is 20.1. The van der Waals surface area contributed by atoms with E-state index in [1.165, 1.54) is 44.2 Å². The predicted molar refractivity (Wildman–Crippen MR) is 127 cm³/mol. The lowest BCUT2D eigenvalue weighted by Crippen LogP contribution is -2.53. The van der Waals surface area contributed by atoms with Gasteiger partial charge in [0.1, 0.15) is 17.2 Å². The van der Waals surface area contributed by atoms with Crippen molar-refractivity contribution in [1.29, 1.82) is 5.26 Å². The number of alkyl halides is 4. The summed E-state index contributed by atoms with van der Waals surface area (Å²) in [5.41, 5.74) is -1.49. The molecule has 198 valence electrons. The van der Waals surface area contributed by atoms with Gasteiger partial charge in [-0.1, -0.05) is 30.3 Å². The monoisotopic (exact) mass is 538 g/mol. The minimum atomic E-state index is -4.80. The summed E-state index contributed by atoms with van der Waals surface area (Å²) >= 11 is 0. The molecule has 4 rings (SSSR count). The molecule has 0 spiro atoms. The molecule has 0 bridgehead atoms. The van der Waals surface area contributed by atoms with Crippen LogP contribution in [0.15, 0.2) is 47.4 Å². The fraction of sp³-hybridized carbons (Fsp3) is 0.440. The number of carbonyl (C=O) groups is 1. The lowest BCUT2D eigenvalue weighted by atomic mass is 9.96. The first-order chi connectivity index (χ1) is 17.1. The van der Waals surface area contributed by atoms with Crippen LogP contribution in [-0.2, 0) is 21.4 Å². The zero-order chi connectivity index (χ0) is 27.2. The Morgan fingerprint density at radius 2 is 1.73 bits per heavy atom. The molecule has 1 heterocycles. The Morgan fingerprint density at radius 1 is 1.11 bits per heavy atom. The molecule has 7 nitrogen and oxygen atoms in total. The molecule has 0 unspecified atom stereocenters. The van der Waals surface area contributed by atoms with Gasteiger partial charge in [-0.2, -0.15) is 18.4 Å². The molecule has 3 N–H and O–H groups in total. The average Bonchev–Trinajstić information content (AvgIpc) is 3.51. The van der Waals surface area contributed by atoms with E-state index in [-0.39, 0.29) is 17.0 Å². The maximum absolute atomic E-state index is 14.5. The number of sulfonamides is 1. The van der Waals surface area contributed by atoms with Crippen molar-refractivity contribution in [2.75, 3.05) is 0 Å². The van der Waals surface area contributed by atoms with Gasteiger partial charge in [0.05, 0.1) is 17.0 Å². The molecule has 1 amide bonds. The topological polar surface area (TPSA) is 111 Å². The van der Waals surface area contributed by atoms with Crippen molar-refractivity contribution < 1.29 is 30.8 Å². The lowest BCUT2D eigenvalue weighted by molar-refractivity contribution is -0.161. The maximum atomic E-state index is 14.5. The second-order valence-corrected chi connectivity index (χ2v) is 11.8. The minimum absolute atomic E-state index is 0.130. The molecule has 1 fully saturated rings. The molecule has 0 radical (unpaired) electrons. The molecular formula is C25H26F4N4O3S. The highest BCUT2D eigenvalue weighted by Gasteiger charge is 2.48. The molecule has 2 aromatic rings. The summed E-state index contributed by atoms with van der Waals surface area (Å²) in [4.78, 5) is 13.0. The third-order valence-corrected chi connectivity index (χ3v) is 7.91. The smallest absolute Gasteiger partial charge is 0.336 e. The van der Waals surface area contributed by atoms with Crippen molar-refractivity contribution in [3.05, 3.63) is 53.6 Å². The summed E-state index contributed by atoms with van der Waals surface area (Å²) in [5.74, 6) is -0.864. The molecule has 1 saturated carbocycles. The zero-order valence-corrected chi connectivity index (χ0v) is 20.9. The van der Waals surface area contributed by atoms with E-state index < -0.39 is 51.8 Å². The standard InChI is InChI=1S/C25H26F4N4O3S/c1-23(2,26)12-19(22(34)33-24(14-30)9-10-24)32-21(25(27,28)29)16-5-3-15(4-6-16)17-7-8-20-18(11-17)13-31-37(20,35)36/h3-8,11,19,21,31-32H,9-10,12-13H2,1-2H3,(H,33,34)/t19-,21-/m0/s1. The van der Waals surface area contributed by atoms with Crippen LogP contribution in [0.3, 0.4) is 0 Å². The number of nitriles is 1. The fourth-order valence-corrected chi connectivity index (χ4v) is 5.51. The largest absolute Gasteiger partial charge is 0.407 e. The number of hydrogen-bond donors (Lipinski definition) is 3. The quantitative estimate of drug-likeness (QED) is 0.440. The van der Waals surface area contributed by atoms with Crippen LogP contribution in [0.4, 0.5) is 17.6 Å². The predicted octanol–water partition coefficient (Wildman–Crippen LogP) is 4.02. The van der Waals surface area contributed by atoms with Crippen LogP contribution in [-0.4, -0.2) is 37.8 Å². The third-order valence-electron chi connectivity index (χ3n) is 6.41. The van der Waals surface area contributed by atoms with Gasteiger partial charge in [0.2, 0.25) is 15.9 Å². The third kappa shape index (κ3) is 6.11. The van der Waals surface area contributed by atoms with Gasteiger partial charge in [0.15, 0.2) is 0 Å². The summed E-state index contributed by atoms with van der Waals surface area (Å²) < 4.78 is 83.1. The number of fused-ring (bicyclic) bond motifs is 1. The number of hydrogen-bond acceptors (Lipinski definition) is 5. The molecule has 2 aliphatic rings. The lowest BCUT2D eigenvalue weighted by Gasteiger charge is -2.30. The van der Waals surface area contributed by atoms with Gasteiger partial charge in [-0.05, 0) is 61.1 Å². The molecule has 0 aromatic heterocycles. The number of nitrogens with one attached hydrogen (secondary N) is 3. The molecule has 37 heavy (non-hydrogen) atoms. The Kier molecular flexibility index (Phi) is 6.85. The summed E-state index contributed by atoms with van der Waals surface area (Å²) in [5, 5.41) is 14.0. The number of amides is 1. The number of halogens is 4. The average molecular weight is 539 g/mol. The Balaban J connectivity index is 1.59. The summed E-state index contributed by atoms with van der Waals surface area (Å²) in [6.07, 6.45) is -4.57. The molecule has 2 aromatic carbocycles. The van der Waals surface area contributed by atoms with Gasteiger partial charge >= 0.3 is 6.18 Å². The molecule has 1 aliphatic heterocycles. The first-order valence-electron chi connectivity index (χ1n) is 11.6. The van der Waals surface area contributed by atoms with Gasteiger partial charge in [-0.25, -0.2) is 17.5 Å². The number of carbonyl (C=O) groups excluding carboxylic acids is 1. The maximum Gasteiger partial charge on any atom is 0.407 e. The van der Waals surface area contributed by atoms with Crippen molar-refractivity contribution in [3.63, 3.8) is 0 Å². The highest BCUT2D eigenvalue weighted by atomic mass is 32.2. The van der Waals surface area contributed by atoms with Gasteiger partial charge in [-0.3, -0.25) is 10.1 Å². The normalized spacial score (nSPS) is 19.4. The van der Waals surface area contributed by atoms with Gasteiger partial charge in [0, 0.05) is 13.0 Å². The van der Waals surface area contributed by atoms with E-state index in [1.54, 1.807) is 12.1 Å². The first kappa shape index (κ1) is 27.0. The van der Waals surface area contributed by atoms with Crippen molar-refractivity contribution >= 4 is 15.9 Å². The van der Waals surface area contributed by atoms with Crippen molar-refractivity contribution in [3.8, 4) is 17.2 Å². The number of rotatable bonds is 8. The summed E-state index contributed by atoms with van der Waals surface area (Å²) in [6.45, 7) is 2.47. The van der Waals surface area contributed by atoms with Crippen LogP contribution in [0.2, 0.25) is 0 Å². The van der Waals surface area contributed by atoms with Gasteiger partial charge in [-0.15, -0.1) is 0 Å². The SMILES string of the molecule is CC(C)(F)C[C@H](N[C@@H](c1ccc(-c2ccc3c(c2)CNS3(=O)=O)cc1)C(F)(F)F)C(=O)NC1(C#N)CC1. The fourth-order valence-electron chi connectivity index (χ4n) is 4.28. The van der Waals surface area contributed by atoms with Gasteiger partial charge < -0.3 is 5.32 Å². The minimum Gasteiger partial charge on any atom is -0.336 e. The molecule has 1 aliphatic carbocycles. The van der Waals surface area contributed by atoms with Crippen molar-refractivity contribution in [1.82, 2.24) is 15.4 Å². The Morgan fingerprint density at radius 3 is 2.27 bits per heavy atom. The summed E-state index contributed by atoms with van der Waals surface area (Å²) in [7, 11) is -3.54. The number of benzene rings is 2. The van der Waals surface area contributed by atoms with E-state index >= 15 is 0 Å². The Labute approximate surface area is 212 Å². The van der Waals surface area contributed by atoms with E-state index in [0.717, 1.165) is 0 Å². The second-order valence-electron chi connectivity index (χ2n) is 10.1. The van der Waals surface area contributed by atoms with Gasteiger partial charge in [0.25, 0.3) is 0 Å². The Bertz CT molecular complexity index is 1340. The van der Waals surface area contributed by atoms with E-state index in [9.17, 15) is 36.0 Å². The summed E-state index contributed by atoms with van der Waals surface area (Å²) in [6, 6.07) is 8.28. The molecular weight excluding hydrogens is 512 g/mol. The molecule has 12 heteroatoms. The van der Waals surface area contributed by atoms with E-state index in [1.807, 2.05) is 6.07 Å². The van der Waals surface area contributed by atoms with Crippen LogP contribution < -0.4 is 15.4 Å². The second kappa shape index (κ2) is 9.38. The Hall–Kier alpha value is -3.01. The van der Waals surface area contributed by atoms with Crippen LogP contribution in [0.25, 0.3) is 11.1 Å². The van der Waals surface area contributed by atoms with Crippen molar-refractivity contribution in [2.24, 2.45) is 0 Å². The number of nitrogens with zero attached hydrogens (tertiary/aromatic N) is 1. The highest BCUT2D eigenvalue weighted by molar-refractivity contribution is 7.89. The van der Waals surface area contributed by atoms with Crippen LogP contribution in [0.5, 0.6) is 0 Å². The first-order valence-corrected chi connectivity index (χ1v) is 13.1. The van der Waals surface area contributed by atoms with E-state index in [0.29, 0.717) is 29.5 Å². The van der Waals surface area contributed by atoms with E-state index in [2.05, 4.69) is 15.4 Å². The van der Waals surface area contributed by atoms with E-state index in [4.69, 9.17) is 0 Å². The van der Waals surface area contributed by atoms with Crippen molar-refractivity contribution in [2.45, 2.75) is 74.0 Å². The van der Waals surface area contributed by atoms with Crippen LogP contribution >= 0.6 is 0 Å². The molecule has 2 atom stereocenters. The van der Waals surface area contributed by atoms with Crippen LogP contribution in [0, 0.1) is 11.3 Å². The van der Waals surface area contributed by atoms with Crippen LogP contribution in [0.1, 0.15) is 50.3 Å². The highest BCUT2D eigenvalue weighted by Crippen LogP contribution is 2.37. The molecule has 0 saturated heterocycles.